The highest BCUT2D eigenvalue weighted by molar-refractivity contribution is 7.98. The molecule has 2 N–H and O–H groups in total. The van der Waals surface area contributed by atoms with Crippen molar-refractivity contribution in [2.75, 3.05) is 11.1 Å². The van der Waals surface area contributed by atoms with Crippen LogP contribution in [0.1, 0.15) is 46.1 Å². The normalized spacial score (nSPS) is 13.6. The summed E-state index contributed by atoms with van der Waals surface area (Å²) in [4.78, 5) is 39.8. The SMILES string of the molecule is Cc1nc(NC(=O)CCSCc2nc3sc4c(c3c(=O)[nH]2)CCCC4)sc1C. The molecular formula is C19H22N4O2S3. The van der Waals surface area contributed by atoms with E-state index in [0.717, 1.165) is 40.1 Å². The van der Waals surface area contributed by atoms with E-state index in [2.05, 4.69) is 20.3 Å². The number of nitrogens with zero attached hydrogens (tertiary/aromatic N) is 2. The highest BCUT2D eigenvalue weighted by Gasteiger charge is 2.19. The zero-order chi connectivity index (χ0) is 19.7. The number of thiazole rings is 1. The van der Waals surface area contributed by atoms with Crippen molar-refractivity contribution in [1.82, 2.24) is 15.0 Å². The first-order chi connectivity index (χ1) is 13.5. The second kappa shape index (κ2) is 8.34. The number of hydrogen-bond donors (Lipinski definition) is 2. The van der Waals surface area contributed by atoms with Crippen molar-refractivity contribution in [3.8, 4) is 0 Å². The summed E-state index contributed by atoms with van der Waals surface area (Å²) in [7, 11) is 0. The molecule has 3 aromatic rings. The minimum absolute atomic E-state index is 0.0211. The molecule has 28 heavy (non-hydrogen) atoms. The third-order valence-corrected chi connectivity index (χ3v) is 8.01. The maximum absolute atomic E-state index is 12.5. The number of amides is 1. The van der Waals surface area contributed by atoms with Crippen LogP contribution in [-0.2, 0) is 23.4 Å². The smallest absolute Gasteiger partial charge is 0.259 e. The number of nitrogens with one attached hydrogen (secondary N) is 2. The molecule has 148 valence electrons. The Balaban J connectivity index is 1.33. The van der Waals surface area contributed by atoms with E-state index in [4.69, 9.17) is 0 Å². The molecule has 3 heterocycles. The summed E-state index contributed by atoms with van der Waals surface area (Å²) in [5, 5.41) is 4.30. The Hall–Kier alpha value is -1.71. The van der Waals surface area contributed by atoms with Crippen molar-refractivity contribution < 1.29 is 4.79 Å². The molecule has 6 nitrogen and oxygen atoms in total. The van der Waals surface area contributed by atoms with Gasteiger partial charge in [-0.2, -0.15) is 11.8 Å². The Morgan fingerprint density at radius 1 is 1.21 bits per heavy atom. The molecule has 0 saturated carbocycles. The standard InChI is InChI=1S/C19H22N4O2S3/c1-10-11(2)27-19(20-10)23-15(24)7-8-26-9-14-21-17(25)16-12-5-3-4-6-13(12)28-18(16)22-14/h3-9H2,1-2H3,(H,20,23,24)(H,21,22,25). The van der Waals surface area contributed by atoms with E-state index in [1.165, 1.54) is 28.2 Å². The molecule has 0 aromatic carbocycles. The van der Waals surface area contributed by atoms with Gasteiger partial charge in [-0.05, 0) is 45.1 Å². The predicted molar refractivity (Wildman–Crippen MR) is 118 cm³/mol. The lowest BCUT2D eigenvalue weighted by Crippen LogP contribution is -2.13. The van der Waals surface area contributed by atoms with E-state index < -0.39 is 0 Å². The van der Waals surface area contributed by atoms with Crippen LogP contribution in [0.25, 0.3) is 10.2 Å². The molecule has 1 amide bonds. The van der Waals surface area contributed by atoms with E-state index in [0.29, 0.717) is 28.9 Å². The number of thiophene rings is 1. The van der Waals surface area contributed by atoms with Crippen LogP contribution in [-0.4, -0.2) is 26.6 Å². The maximum Gasteiger partial charge on any atom is 0.259 e. The third kappa shape index (κ3) is 4.16. The van der Waals surface area contributed by atoms with Crippen LogP contribution in [0.4, 0.5) is 5.13 Å². The maximum atomic E-state index is 12.5. The van der Waals surface area contributed by atoms with Crippen molar-refractivity contribution in [2.24, 2.45) is 0 Å². The minimum atomic E-state index is -0.0379. The number of anilines is 1. The average molecular weight is 435 g/mol. The van der Waals surface area contributed by atoms with Gasteiger partial charge in [-0.25, -0.2) is 9.97 Å². The van der Waals surface area contributed by atoms with Crippen molar-refractivity contribution in [3.05, 3.63) is 37.2 Å². The zero-order valence-corrected chi connectivity index (χ0v) is 18.3. The second-order valence-electron chi connectivity index (χ2n) is 6.92. The number of carbonyl (C=O) groups is 1. The van der Waals surface area contributed by atoms with Crippen LogP contribution in [0.5, 0.6) is 0 Å². The van der Waals surface area contributed by atoms with E-state index >= 15 is 0 Å². The van der Waals surface area contributed by atoms with Crippen LogP contribution in [0.2, 0.25) is 0 Å². The van der Waals surface area contributed by atoms with Crippen molar-refractivity contribution in [1.29, 1.82) is 0 Å². The Labute approximate surface area is 175 Å². The minimum Gasteiger partial charge on any atom is -0.309 e. The molecule has 0 unspecified atom stereocenters. The van der Waals surface area contributed by atoms with Crippen molar-refractivity contribution in [2.45, 2.75) is 51.7 Å². The van der Waals surface area contributed by atoms with Gasteiger partial charge in [-0.15, -0.1) is 22.7 Å². The van der Waals surface area contributed by atoms with Crippen LogP contribution < -0.4 is 10.9 Å². The first kappa shape index (κ1) is 19.6. The highest BCUT2D eigenvalue weighted by Crippen LogP contribution is 2.33. The fraction of sp³-hybridized carbons (Fsp3) is 0.474. The zero-order valence-electron chi connectivity index (χ0n) is 15.9. The van der Waals surface area contributed by atoms with Crippen molar-refractivity contribution in [3.63, 3.8) is 0 Å². The first-order valence-electron chi connectivity index (χ1n) is 9.36. The Bertz CT molecular complexity index is 1060. The third-order valence-electron chi connectivity index (χ3n) is 4.86. The van der Waals surface area contributed by atoms with Gasteiger partial charge in [0.1, 0.15) is 10.7 Å². The lowest BCUT2D eigenvalue weighted by molar-refractivity contribution is -0.115. The molecule has 4 rings (SSSR count). The summed E-state index contributed by atoms with van der Waals surface area (Å²) < 4.78 is 0. The molecule has 9 heteroatoms. The number of hydrogen-bond acceptors (Lipinski definition) is 7. The summed E-state index contributed by atoms with van der Waals surface area (Å²) in [5.74, 6) is 1.91. The molecule has 0 spiro atoms. The Kier molecular flexibility index (Phi) is 5.84. The summed E-state index contributed by atoms with van der Waals surface area (Å²) in [5.41, 5.74) is 2.14. The number of aromatic nitrogens is 3. The summed E-state index contributed by atoms with van der Waals surface area (Å²) in [6, 6.07) is 0. The molecule has 0 radical (unpaired) electrons. The van der Waals surface area contributed by atoms with Crippen molar-refractivity contribution >= 4 is 55.7 Å². The molecule has 0 bridgehead atoms. The van der Waals surface area contributed by atoms with E-state index in [1.807, 2.05) is 13.8 Å². The van der Waals surface area contributed by atoms with Gasteiger partial charge >= 0.3 is 0 Å². The van der Waals surface area contributed by atoms with Crippen LogP contribution >= 0.6 is 34.4 Å². The summed E-state index contributed by atoms with van der Waals surface area (Å²) in [6.45, 7) is 3.93. The van der Waals surface area contributed by atoms with Gasteiger partial charge < -0.3 is 10.3 Å². The molecular weight excluding hydrogens is 412 g/mol. The Morgan fingerprint density at radius 2 is 2.04 bits per heavy atom. The van der Waals surface area contributed by atoms with Gasteiger partial charge in [0, 0.05) is 21.9 Å². The second-order valence-corrected chi connectivity index (χ2v) is 10.3. The molecule has 0 saturated heterocycles. The van der Waals surface area contributed by atoms with Crippen LogP contribution in [0.15, 0.2) is 4.79 Å². The predicted octanol–water partition coefficient (Wildman–Crippen LogP) is 4.20. The summed E-state index contributed by atoms with van der Waals surface area (Å²) in [6.07, 6.45) is 4.80. The van der Waals surface area contributed by atoms with E-state index in [-0.39, 0.29) is 11.5 Å². The molecule has 3 aromatic heterocycles. The molecule has 0 atom stereocenters. The fourth-order valence-corrected chi connectivity index (χ4v) is 6.23. The summed E-state index contributed by atoms with van der Waals surface area (Å²) >= 11 is 4.76. The lowest BCUT2D eigenvalue weighted by atomic mass is 9.97. The highest BCUT2D eigenvalue weighted by atomic mass is 32.2. The number of rotatable bonds is 6. The molecule has 1 aliphatic carbocycles. The number of H-pyrrole nitrogens is 1. The van der Waals surface area contributed by atoms with Gasteiger partial charge in [0.05, 0.1) is 16.8 Å². The monoisotopic (exact) mass is 434 g/mol. The number of aryl methyl sites for hydroxylation is 4. The quantitative estimate of drug-likeness (QED) is 0.568. The first-order valence-corrected chi connectivity index (χ1v) is 12.1. The number of aromatic amines is 1. The van der Waals surface area contributed by atoms with Gasteiger partial charge in [0.25, 0.3) is 5.56 Å². The number of fused-ring (bicyclic) bond motifs is 3. The molecule has 0 fully saturated rings. The largest absolute Gasteiger partial charge is 0.309 e. The van der Waals surface area contributed by atoms with Gasteiger partial charge in [-0.1, -0.05) is 0 Å². The van der Waals surface area contributed by atoms with Gasteiger partial charge in [-0.3, -0.25) is 9.59 Å². The molecule has 1 aliphatic rings. The van der Waals surface area contributed by atoms with Gasteiger partial charge in [0.15, 0.2) is 5.13 Å². The molecule has 0 aliphatic heterocycles. The van der Waals surface area contributed by atoms with Crippen LogP contribution in [0, 0.1) is 13.8 Å². The average Bonchev–Trinajstić information content (AvgIpc) is 3.18. The van der Waals surface area contributed by atoms with Crippen LogP contribution in [0.3, 0.4) is 0 Å². The lowest BCUT2D eigenvalue weighted by Gasteiger charge is -2.09. The van der Waals surface area contributed by atoms with Gasteiger partial charge in [0.2, 0.25) is 5.91 Å². The van der Waals surface area contributed by atoms with E-state index in [1.54, 1.807) is 23.1 Å². The van der Waals surface area contributed by atoms with E-state index in [9.17, 15) is 9.59 Å². The fourth-order valence-electron chi connectivity index (χ4n) is 3.32. The number of thioether (sulfide) groups is 1. The number of carbonyl (C=O) groups excluding carboxylic acids is 1. The Morgan fingerprint density at radius 3 is 2.82 bits per heavy atom. The topological polar surface area (TPSA) is 87.7 Å².